The number of benzene rings is 1. The van der Waals surface area contributed by atoms with Crippen molar-refractivity contribution in [2.45, 2.75) is 6.42 Å². The van der Waals surface area contributed by atoms with Crippen molar-refractivity contribution >= 4 is 10.9 Å². The van der Waals surface area contributed by atoms with Crippen LogP contribution < -0.4 is 10.1 Å². The molecule has 0 amide bonds. The number of rotatable bonds is 4. The van der Waals surface area contributed by atoms with E-state index < -0.39 is 0 Å². The second-order valence-corrected chi connectivity index (χ2v) is 3.71. The summed E-state index contributed by atoms with van der Waals surface area (Å²) < 4.78 is 5.19. The van der Waals surface area contributed by atoms with Crippen molar-refractivity contribution in [3.63, 3.8) is 0 Å². The zero-order chi connectivity index (χ0) is 11.4. The van der Waals surface area contributed by atoms with Gasteiger partial charge in [0, 0.05) is 30.1 Å². The molecule has 0 saturated heterocycles. The summed E-state index contributed by atoms with van der Waals surface area (Å²) in [7, 11) is 3.62. The number of nitrogens with one attached hydrogen (secondary N) is 1. The first-order chi connectivity index (χ1) is 7.83. The van der Waals surface area contributed by atoms with Gasteiger partial charge in [0.15, 0.2) is 0 Å². The number of methoxy groups -OCH3 is 1. The number of ether oxygens (including phenoxy) is 1. The van der Waals surface area contributed by atoms with Gasteiger partial charge in [0.25, 0.3) is 0 Å². The van der Waals surface area contributed by atoms with Crippen LogP contribution in [0.4, 0.5) is 0 Å². The van der Waals surface area contributed by atoms with Crippen LogP contribution in [0.25, 0.3) is 10.9 Å². The second-order valence-electron chi connectivity index (χ2n) is 3.71. The number of hydrogen-bond donors (Lipinski definition) is 1. The van der Waals surface area contributed by atoms with Crippen molar-refractivity contribution in [1.82, 2.24) is 10.3 Å². The van der Waals surface area contributed by atoms with Crippen molar-refractivity contribution in [3.05, 3.63) is 36.0 Å². The van der Waals surface area contributed by atoms with Gasteiger partial charge in [-0.1, -0.05) is 6.07 Å². The van der Waals surface area contributed by atoms with Gasteiger partial charge in [-0.25, -0.2) is 0 Å². The van der Waals surface area contributed by atoms with Crippen LogP contribution in [0.1, 0.15) is 5.69 Å². The minimum Gasteiger partial charge on any atom is -0.497 e. The highest BCUT2D eigenvalue weighted by Crippen LogP contribution is 2.19. The number of pyridine rings is 1. The molecule has 1 N–H and O–H groups in total. The molecule has 2 aromatic rings. The Balaban J connectivity index is 2.35. The highest BCUT2D eigenvalue weighted by atomic mass is 16.5. The maximum Gasteiger partial charge on any atom is 0.121 e. The van der Waals surface area contributed by atoms with E-state index in [0.29, 0.717) is 0 Å². The zero-order valence-electron chi connectivity index (χ0n) is 9.66. The summed E-state index contributed by atoms with van der Waals surface area (Å²) in [6.45, 7) is 0.947. The standard InChI is InChI=1S/C13H16N2O/c1-14-8-7-11-5-3-10-4-6-12(16-2)9-13(10)15-11/h3-6,9,14H,7-8H2,1-2H3. The first-order valence-corrected chi connectivity index (χ1v) is 5.42. The molecular weight excluding hydrogens is 200 g/mol. The molecule has 0 bridgehead atoms. The molecule has 0 saturated carbocycles. The summed E-state index contributed by atoms with van der Waals surface area (Å²) in [6, 6.07) is 10.1. The SMILES string of the molecule is CNCCc1ccc2ccc(OC)cc2n1. The van der Waals surface area contributed by atoms with Crippen LogP contribution >= 0.6 is 0 Å². The monoisotopic (exact) mass is 216 g/mol. The van der Waals surface area contributed by atoms with Gasteiger partial charge in [-0.15, -0.1) is 0 Å². The van der Waals surface area contributed by atoms with Gasteiger partial charge in [0.05, 0.1) is 12.6 Å². The molecule has 0 radical (unpaired) electrons. The maximum absolute atomic E-state index is 5.19. The predicted molar refractivity (Wildman–Crippen MR) is 65.9 cm³/mol. The van der Waals surface area contributed by atoms with Crippen molar-refractivity contribution in [2.24, 2.45) is 0 Å². The van der Waals surface area contributed by atoms with Crippen LogP contribution in [0.2, 0.25) is 0 Å². The Morgan fingerprint density at radius 3 is 2.81 bits per heavy atom. The molecule has 0 spiro atoms. The molecule has 0 aliphatic heterocycles. The molecule has 0 unspecified atom stereocenters. The number of aromatic nitrogens is 1. The number of hydrogen-bond acceptors (Lipinski definition) is 3. The van der Waals surface area contributed by atoms with E-state index >= 15 is 0 Å². The smallest absolute Gasteiger partial charge is 0.121 e. The highest BCUT2D eigenvalue weighted by molar-refractivity contribution is 5.80. The second kappa shape index (κ2) is 4.94. The normalized spacial score (nSPS) is 10.6. The molecule has 0 aliphatic rings. The van der Waals surface area contributed by atoms with Crippen LogP contribution in [0.5, 0.6) is 5.75 Å². The van der Waals surface area contributed by atoms with Gasteiger partial charge in [-0.3, -0.25) is 4.98 Å². The third kappa shape index (κ3) is 2.31. The molecule has 0 aliphatic carbocycles. The molecular formula is C13H16N2O. The van der Waals surface area contributed by atoms with Crippen LogP contribution in [0.3, 0.4) is 0 Å². The maximum atomic E-state index is 5.19. The zero-order valence-corrected chi connectivity index (χ0v) is 9.66. The average molecular weight is 216 g/mol. The largest absolute Gasteiger partial charge is 0.497 e. The fraction of sp³-hybridized carbons (Fsp3) is 0.308. The van der Waals surface area contributed by atoms with E-state index in [1.807, 2.05) is 25.2 Å². The van der Waals surface area contributed by atoms with Crippen molar-refractivity contribution in [1.29, 1.82) is 0 Å². The molecule has 0 fully saturated rings. The van der Waals surface area contributed by atoms with Crippen molar-refractivity contribution in [3.8, 4) is 5.75 Å². The summed E-state index contributed by atoms with van der Waals surface area (Å²) in [5.74, 6) is 0.853. The molecule has 1 aromatic carbocycles. The van der Waals surface area contributed by atoms with Gasteiger partial charge in [0.2, 0.25) is 0 Å². The Morgan fingerprint density at radius 2 is 2.06 bits per heavy atom. The minimum absolute atomic E-state index is 0.853. The van der Waals surface area contributed by atoms with E-state index in [4.69, 9.17) is 4.74 Å². The van der Waals surface area contributed by atoms with Gasteiger partial charge in [-0.2, -0.15) is 0 Å². The van der Waals surface area contributed by atoms with E-state index in [0.717, 1.165) is 35.3 Å². The fourth-order valence-corrected chi connectivity index (χ4v) is 1.66. The third-order valence-electron chi connectivity index (χ3n) is 2.59. The lowest BCUT2D eigenvalue weighted by molar-refractivity contribution is 0.415. The minimum atomic E-state index is 0.853. The predicted octanol–water partition coefficient (Wildman–Crippen LogP) is 2.01. The third-order valence-corrected chi connectivity index (χ3v) is 2.59. The summed E-state index contributed by atoms with van der Waals surface area (Å²) in [4.78, 5) is 4.60. The van der Waals surface area contributed by atoms with Gasteiger partial charge >= 0.3 is 0 Å². The van der Waals surface area contributed by atoms with Gasteiger partial charge in [0.1, 0.15) is 5.75 Å². The van der Waals surface area contributed by atoms with Crippen molar-refractivity contribution < 1.29 is 4.74 Å². The lowest BCUT2D eigenvalue weighted by Gasteiger charge is -2.04. The lowest BCUT2D eigenvalue weighted by Crippen LogP contribution is -2.11. The fourth-order valence-electron chi connectivity index (χ4n) is 1.66. The molecule has 2 rings (SSSR count). The Bertz CT molecular complexity index is 482. The van der Waals surface area contributed by atoms with E-state index in [1.165, 1.54) is 0 Å². The molecule has 16 heavy (non-hydrogen) atoms. The lowest BCUT2D eigenvalue weighted by atomic mass is 10.1. The molecule has 1 aromatic heterocycles. The van der Waals surface area contributed by atoms with Gasteiger partial charge < -0.3 is 10.1 Å². The molecule has 3 nitrogen and oxygen atoms in total. The van der Waals surface area contributed by atoms with Crippen LogP contribution in [0.15, 0.2) is 30.3 Å². The van der Waals surface area contributed by atoms with E-state index in [2.05, 4.69) is 22.4 Å². The summed E-state index contributed by atoms with van der Waals surface area (Å²) in [5.41, 5.74) is 2.10. The Kier molecular flexibility index (Phi) is 3.37. The Morgan fingerprint density at radius 1 is 1.25 bits per heavy atom. The van der Waals surface area contributed by atoms with Crippen LogP contribution in [-0.4, -0.2) is 25.7 Å². The summed E-state index contributed by atoms with van der Waals surface area (Å²) >= 11 is 0. The average Bonchev–Trinajstić information content (AvgIpc) is 2.35. The molecule has 3 heteroatoms. The molecule has 0 atom stereocenters. The molecule has 1 heterocycles. The number of fused-ring (bicyclic) bond motifs is 1. The first-order valence-electron chi connectivity index (χ1n) is 5.42. The highest BCUT2D eigenvalue weighted by Gasteiger charge is 2.00. The Hall–Kier alpha value is -1.61. The van der Waals surface area contributed by atoms with Crippen LogP contribution in [0, 0.1) is 0 Å². The van der Waals surface area contributed by atoms with E-state index in [-0.39, 0.29) is 0 Å². The topological polar surface area (TPSA) is 34.1 Å². The first kappa shape index (κ1) is 10.9. The van der Waals surface area contributed by atoms with E-state index in [9.17, 15) is 0 Å². The van der Waals surface area contributed by atoms with Crippen molar-refractivity contribution in [2.75, 3.05) is 20.7 Å². The summed E-state index contributed by atoms with van der Waals surface area (Å²) in [6.07, 6.45) is 0.948. The van der Waals surface area contributed by atoms with Crippen LogP contribution in [-0.2, 0) is 6.42 Å². The number of nitrogens with zero attached hydrogens (tertiary/aromatic N) is 1. The molecule has 84 valence electrons. The quantitative estimate of drug-likeness (QED) is 0.848. The number of likely N-dealkylation sites (N-methyl/N-ethyl adjacent to an activating group) is 1. The Labute approximate surface area is 95.5 Å². The summed E-state index contributed by atoms with van der Waals surface area (Å²) in [5, 5.41) is 4.27. The van der Waals surface area contributed by atoms with E-state index in [1.54, 1.807) is 7.11 Å². The van der Waals surface area contributed by atoms with Gasteiger partial charge in [-0.05, 0) is 25.2 Å².